The molecule has 5 heteroatoms. The van der Waals surface area contributed by atoms with Crippen LogP contribution in [0.25, 0.3) is 0 Å². The Labute approximate surface area is 107 Å². The van der Waals surface area contributed by atoms with Gasteiger partial charge in [0.1, 0.15) is 10.8 Å². The first-order valence-corrected chi connectivity index (χ1v) is 6.08. The Balaban J connectivity index is 2.31. The molecule has 1 fully saturated rings. The minimum absolute atomic E-state index is 0.275. The number of aryl methyl sites for hydroxylation is 1. The molecule has 0 amide bonds. The number of thiocarbonyl (C=S) groups is 1. The van der Waals surface area contributed by atoms with Crippen molar-refractivity contribution in [1.82, 2.24) is 4.98 Å². The molecular weight excluding hydrogens is 234 g/mol. The summed E-state index contributed by atoms with van der Waals surface area (Å²) in [6, 6.07) is 3.88. The van der Waals surface area contributed by atoms with Gasteiger partial charge in [-0.05, 0) is 25.5 Å². The van der Waals surface area contributed by atoms with E-state index >= 15 is 0 Å². The fraction of sp³-hybridized carbons (Fsp3) is 0.500. The number of hydrogen-bond donors (Lipinski definition) is 1. The lowest BCUT2D eigenvalue weighted by Crippen LogP contribution is -2.26. The van der Waals surface area contributed by atoms with Crippen LogP contribution in [-0.4, -0.2) is 36.3 Å². The van der Waals surface area contributed by atoms with E-state index in [-0.39, 0.29) is 6.10 Å². The zero-order chi connectivity index (χ0) is 12.4. The molecule has 4 nitrogen and oxygen atoms in total. The average molecular weight is 251 g/mol. The molecule has 0 aliphatic carbocycles. The molecule has 1 aliphatic rings. The first kappa shape index (κ1) is 12.3. The van der Waals surface area contributed by atoms with Crippen molar-refractivity contribution in [3.05, 3.63) is 23.4 Å². The van der Waals surface area contributed by atoms with Crippen molar-refractivity contribution in [3.8, 4) is 0 Å². The zero-order valence-corrected chi connectivity index (χ0v) is 11.0. The van der Waals surface area contributed by atoms with E-state index in [1.165, 1.54) is 0 Å². The van der Waals surface area contributed by atoms with E-state index in [1.807, 2.05) is 19.1 Å². The summed E-state index contributed by atoms with van der Waals surface area (Å²) in [5, 5.41) is 0. The SMILES string of the molecule is COC1CCN(c2nc(C)ccc2C(N)=S)C1. The third-order valence-corrected chi connectivity index (χ3v) is 3.28. The normalized spacial score (nSPS) is 19.6. The largest absolute Gasteiger partial charge is 0.389 e. The number of ether oxygens (including phenoxy) is 1. The molecule has 1 atom stereocenters. The highest BCUT2D eigenvalue weighted by Crippen LogP contribution is 2.24. The van der Waals surface area contributed by atoms with Crippen molar-refractivity contribution >= 4 is 23.0 Å². The molecule has 1 aromatic heterocycles. The number of anilines is 1. The van der Waals surface area contributed by atoms with Crippen molar-refractivity contribution < 1.29 is 4.74 Å². The van der Waals surface area contributed by atoms with E-state index in [9.17, 15) is 0 Å². The Morgan fingerprint density at radius 3 is 2.94 bits per heavy atom. The van der Waals surface area contributed by atoms with Crippen LogP contribution in [0, 0.1) is 6.92 Å². The molecule has 1 aromatic rings. The van der Waals surface area contributed by atoms with Crippen LogP contribution in [0.5, 0.6) is 0 Å². The monoisotopic (exact) mass is 251 g/mol. The lowest BCUT2D eigenvalue weighted by Gasteiger charge is -2.20. The molecule has 1 aliphatic heterocycles. The Hall–Kier alpha value is -1.20. The van der Waals surface area contributed by atoms with Crippen molar-refractivity contribution in [2.24, 2.45) is 5.73 Å². The van der Waals surface area contributed by atoms with Gasteiger partial charge in [-0.1, -0.05) is 12.2 Å². The second kappa shape index (κ2) is 4.98. The lowest BCUT2D eigenvalue weighted by atomic mass is 10.2. The number of nitrogens with zero attached hydrogens (tertiary/aromatic N) is 2. The van der Waals surface area contributed by atoms with Gasteiger partial charge in [-0.3, -0.25) is 0 Å². The molecule has 2 rings (SSSR count). The van der Waals surface area contributed by atoms with Crippen molar-refractivity contribution in [1.29, 1.82) is 0 Å². The Morgan fingerprint density at radius 1 is 1.59 bits per heavy atom. The van der Waals surface area contributed by atoms with E-state index in [0.717, 1.165) is 36.6 Å². The van der Waals surface area contributed by atoms with Crippen LogP contribution in [-0.2, 0) is 4.74 Å². The molecule has 0 saturated carbocycles. The first-order chi connectivity index (χ1) is 8.11. The molecular formula is C12H17N3OS. The van der Waals surface area contributed by atoms with Gasteiger partial charge >= 0.3 is 0 Å². The molecule has 0 radical (unpaired) electrons. The van der Waals surface area contributed by atoms with Crippen LogP contribution in [0.1, 0.15) is 17.7 Å². The van der Waals surface area contributed by atoms with Gasteiger partial charge in [0.2, 0.25) is 0 Å². The number of nitrogens with two attached hydrogens (primary N) is 1. The third-order valence-electron chi connectivity index (χ3n) is 3.06. The van der Waals surface area contributed by atoms with Gasteiger partial charge in [0.05, 0.1) is 11.7 Å². The van der Waals surface area contributed by atoms with Gasteiger partial charge in [0, 0.05) is 25.9 Å². The van der Waals surface area contributed by atoms with Gasteiger partial charge in [-0.15, -0.1) is 0 Å². The molecule has 17 heavy (non-hydrogen) atoms. The maximum Gasteiger partial charge on any atom is 0.139 e. The Bertz CT molecular complexity index is 436. The third kappa shape index (κ3) is 2.56. The summed E-state index contributed by atoms with van der Waals surface area (Å²) in [6.07, 6.45) is 1.29. The molecule has 2 heterocycles. The zero-order valence-electron chi connectivity index (χ0n) is 10.1. The molecule has 1 unspecified atom stereocenters. The summed E-state index contributed by atoms with van der Waals surface area (Å²) in [7, 11) is 1.74. The number of aromatic nitrogens is 1. The Kier molecular flexibility index (Phi) is 3.59. The van der Waals surface area contributed by atoms with Gasteiger partial charge in [0.25, 0.3) is 0 Å². The fourth-order valence-electron chi connectivity index (χ4n) is 2.09. The first-order valence-electron chi connectivity index (χ1n) is 5.67. The average Bonchev–Trinajstić information content (AvgIpc) is 2.76. The van der Waals surface area contributed by atoms with Crippen molar-refractivity contribution in [2.75, 3.05) is 25.1 Å². The minimum atomic E-state index is 0.275. The fourth-order valence-corrected chi connectivity index (χ4v) is 2.25. The van der Waals surface area contributed by atoms with Crippen LogP contribution in [0.2, 0.25) is 0 Å². The highest BCUT2D eigenvalue weighted by Gasteiger charge is 2.25. The van der Waals surface area contributed by atoms with Crippen LogP contribution < -0.4 is 10.6 Å². The van der Waals surface area contributed by atoms with Gasteiger partial charge in [-0.2, -0.15) is 0 Å². The predicted octanol–water partition coefficient (Wildman–Crippen LogP) is 1.25. The van der Waals surface area contributed by atoms with Crippen molar-refractivity contribution in [3.63, 3.8) is 0 Å². The highest BCUT2D eigenvalue weighted by atomic mass is 32.1. The Morgan fingerprint density at radius 2 is 2.35 bits per heavy atom. The number of rotatable bonds is 3. The topological polar surface area (TPSA) is 51.4 Å². The molecule has 0 spiro atoms. The standard InChI is InChI=1S/C12H17N3OS/c1-8-3-4-10(11(13)17)12(14-8)15-6-5-9(7-15)16-2/h3-4,9H,5-7H2,1-2H3,(H2,13,17). The maximum absolute atomic E-state index is 5.73. The highest BCUT2D eigenvalue weighted by molar-refractivity contribution is 7.80. The van der Waals surface area contributed by atoms with Crippen LogP contribution in [0.3, 0.4) is 0 Å². The van der Waals surface area contributed by atoms with E-state index in [1.54, 1.807) is 7.11 Å². The quantitative estimate of drug-likeness (QED) is 0.819. The summed E-state index contributed by atoms with van der Waals surface area (Å²) in [4.78, 5) is 7.13. The predicted molar refractivity (Wildman–Crippen MR) is 72.5 cm³/mol. The van der Waals surface area contributed by atoms with Gasteiger partial charge < -0.3 is 15.4 Å². The van der Waals surface area contributed by atoms with Crippen molar-refractivity contribution in [2.45, 2.75) is 19.4 Å². The molecule has 92 valence electrons. The second-order valence-corrected chi connectivity index (χ2v) is 4.72. The second-order valence-electron chi connectivity index (χ2n) is 4.28. The molecule has 1 saturated heterocycles. The molecule has 0 bridgehead atoms. The summed E-state index contributed by atoms with van der Waals surface area (Å²) in [6.45, 7) is 3.75. The smallest absolute Gasteiger partial charge is 0.139 e. The molecule has 2 N–H and O–H groups in total. The number of pyridine rings is 1. The lowest BCUT2D eigenvalue weighted by molar-refractivity contribution is 0.121. The number of methoxy groups -OCH3 is 1. The van der Waals surface area contributed by atoms with Crippen LogP contribution in [0.15, 0.2) is 12.1 Å². The molecule has 0 aromatic carbocycles. The summed E-state index contributed by atoms with van der Waals surface area (Å²) in [5.74, 6) is 0.886. The van der Waals surface area contributed by atoms with E-state index in [2.05, 4.69) is 9.88 Å². The van der Waals surface area contributed by atoms with E-state index in [4.69, 9.17) is 22.7 Å². The maximum atomic E-state index is 5.73. The number of hydrogen-bond acceptors (Lipinski definition) is 4. The van der Waals surface area contributed by atoms with E-state index < -0.39 is 0 Å². The minimum Gasteiger partial charge on any atom is -0.389 e. The summed E-state index contributed by atoms with van der Waals surface area (Å²) < 4.78 is 5.36. The van der Waals surface area contributed by atoms with Crippen LogP contribution in [0.4, 0.5) is 5.82 Å². The van der Waals surface area contributed by atoms with Gasteiger partial charge in [-0.25, -0.2) is 4.98 Å². The van der Waals surface area contributed by atoms with E-state index in [0.29, 0.717) is 4.99 Å². The summed E-state index contributed by atoms with van der Waals surface area (Å²) >= 11 is 5.07. The van der Waals surface area contributed by atoms with Crippen LogP contribution >= 0.6 is 12.2 Å². The van der Waals surface area contributed by atoms with Gasteiger partial charge in [0.15, 0.2) is 0 Å². The summed E-state index contributed by atoms with van der Waals surface area (Å²) in [5.41, 5.74) is 7.56.